The molecular formula is C7H10O4. The molecule has 0 aromatic rings. The molecule has 0 saturated carbocycles. The van der Waals surface area contributed by atoms with Crippen molar-refractivity contribution in [3.63, 3.8) is 0 Å². The van der Waals surface area contributed by atoms with Gasteiger partial charge in [-0.2, -0.15) is 0 Å². The fraction of sp³-hybridized carbons (Fsp3) is 0.714. The molecule has 1 aliphatic rings. The number of rotatable bonds is 1. The molecule has 1 rings (SSSR count). The molecule has 0 aromatic heterocycles. The molecule has 1 aliphatic heterocycles. The van der Waals surface area contributed by atoms with Crippen LogP contribution in [0.25, 0.3) is 0 Å². The Balaban J connectivity index is 2.46. The topological polar surface area (TPSA) is 52.6 Å². The fourth-order valence-electron chi connectivity index (χ4n) is 0.957. The maximum Gasteiger partial charge on any atom is 0.309 e. The van der Waals surface area contributed by atoms with Crippen molar-refractivity contribution in [2.75, 3.05) is 0 Å². The van der Waals surface area contributed by atoms with Gasteiger partial charge in [0.05, 0.1) is 6.42 Å². The number of cyclic esters (lactones) is 1. The molecule has 2 atom stereocenters. The lowest BCUT2D eigenvalue weighted by Crippen LogP contribution is -2.20. The Morgan fingerprint density at radius 3 is 2.73 bits per heavy atom. The molecule has 0 spiro atoms. The van der Waals surface area contributed by atoms with Gasteiger partial charge in [-0.15, -0.1) is 0 Å². The SMILES string of the molecule is CC(=O)O[C@@H]1OC(=O)C[C@@H]1C. The lowest BCUT2D eigenvalue weighted by molar-refractivity contribution is -0.179. The normalized spacial score (nSPS) is 29.8. The van der Waals surface area contributed by atoms with E-state index in [1.165, 1.54) is 6.92 Å². The summed E-state index contributed by atoms with van der Waals surface area (Å²) in [6, 6.07) is 0. The van der Waals surface area contributed by atoms with Gasteiger partial charge in [-0.05, 0) is 0 Å². The van der Waals surface area contributed by atoms with Crippen LogP contribution in [0.15, 0.2) is 0 Å². The van der Waals surface area contributed by atoms with Crippen molar-refractivity contribution < 1.29 is 19.1 Å². The first-order valence-electron chi connectivity index (χ1n) is 3.46. The summed E-state index contributed by atoms with van der Waals surface area (Å²) in [7, 11) is 0. The summed E-state index contributed by atoms with van der Waals surface area (Å²) in [5.74, 6) is -0.744. The number of hydrogen-bond acceptors (Lipinski definition) is 4. The first-order chi connectivity index (χ1) is 5.09. The molecule has 0 N–H and O–H groups in total. The van der Waals surface area contributed by atoms with Crippen LogP contribution in [-0.4, -0.2) is 18.2 Å². The van der Waals surface area contributed by atoms with Gasteiger partial charge in [0.2, 0.25) is 6.29 Å². The second-order valence-electron chi connectivity index (χ2n) is 2.65. The van der Waals surface area contributed by atoms with Crippen LogP contribution in [0.3, 0.4) is 0 Å². The van der Waals surface area contributed by atoms with E-state index in [4.69, 9.17) is 9.47 Å². The molecule has 4 heteroatoms. The molecule has 4 nitrogen and oxygen atoms in total. The van der Waals surface area contributed by atoms with Gasteiger partial charge in [-0.25, -0.2) is 0 Å². The minimum absolute atomic E-state index is 0.0219. The summed E-state index contributed by atoms with van der Waals surface area (Å²) in [4.78, 5) is 21.1. The molecule has 0 amide bonds. The van der Waals surface area contributed by atoms with E-state index in [2.05, 4.69) is 0 Å². The number of carbonyl (C=O) groups is 2. The fourth-order valence-corrected chi connectivity index (χ4v) is 0.957. The molecule has 0 unspecified atom stereocenters. The quantitative estimate of drug-likeness (QED) is 0.520. The Morgan fingerprint density at radius 2 is 2.36 bits per heavy atom. The molecule has 11 heavy (non-hydrogen) atoms. The first-order valence-corrected chi connectivity index (χ1v) is 3.46. The lowest BCUT2D eigenvalue weighted by atomic mass is 10.1. The lowest BCUT2D eigenvalue weighted by Gasteiger charge is -2.12. The van der Waals surface area contributed by atoms with Crippen LogP contribution in [0.4, 0.5) is 0 Å². The summed E-state index contributed by atoms with van der Waals surface area (Å²) in [6.07, 6.45) is -0.335. The Morgan fingerprint density at radius 1 is 1.73 bits per heavy atom. The predicted molar refractivity (Wildman–Crippen MR) is 35.4 cm³/mol. The van der Waals surface area contributed by atoms with E-state index in [1.807, 2.05) is 0 Å². The zero-order chi connectivity index (χ0) is 8.43. The highest BCUT2D eigenvalue weighted by atomic mass is 16.7. The van der Waals surface area contributed by atoms with Crippen molar-refractivity contribution in [2.24, 2.45) is 5.92 Å². The van der Waals surface area contributed by atoms with Crippen LogP contribution in [0.1, 0.15) is 20.3 Å². The third-order valence-corrected chi connectivity index (χ3v) is 1.48. The third-order valence-electron chi connectivity index (χ3n) is 1.48. The van der Waals surface area contributed by atoms with E-state index in [-0.39, 0.29) is 11.9 Å². The molecular weight excluding hydrogens is 148 g/mol. The van der Waals surface area contributed by atoms with Crippen LogP contribution in [0.2, 0.25) is 0 Å². The highest BCUT2D eigenvalue weighted by Gasteiger charge is 2.33. The zero-order valence-electron chi connectivity index (χ0n) is 6.49. The van der Waals surface area contributed by atoms with Crippen molar-refractivity contribution >= 4 is 11.9 Å². The van der Waals surface area contributed by atoms with Gasteiger partial charge in [-0.1, -0.05) is 6.92 Å². The molecule has 0 aromatic carbocycles. The molecule has 0 bridgehead atoms. The van der Waals surface area contributed by atoms with E-state index in [0.29, 0.717) is 6.42 Å². The average Bonchev–Trinajstić information content (AvgIpc) is 2.09. The maximum absolute atomic E-state index is 10.6. The molecule has 1 fully saturated rings. The predicted octanol–water partition coefficient (Wildman–Crippen LogP) is 0.459. The van der Waals surface area contributed by atoms with Crippen LogP contribution in [-0.2, 0) is 19.1 Å². The second-order valence-corrected chi connectivity index (χ2v) is 2.65. The average molecular weight is 158 g/mol. The number of esters is 2. The number of carbonyl (C=O) groups excluding carboxylic acids is 2. The monoisotopic (exact) mass is 158 g/mol. The van der Waals surface area contributed by atoms with Gasteiger partial charge in [0.15, 0.2) is 0 Å². The third kappa shape index (κ3) is 1.93. The minimum atomic E-state index is -0.667. The first kappa shape index (κ1) is 8.04. The van der Waals surface area contributed by atoms with Crippen molar-refractivity contribution in [3.8, 4) is 0 Å². The van der Waals surface area contributed by atoms with Gasteiger partial charge in [-0.3, -0.25) is 9.59 Å². The Bertz CT molecular complexity index is 187. The molecule has 0 aliphatic carbocycles. The van der Waals surface area contributed by atoms with E-state index in [9.17, 15) is 9.59 Å². The van der Waals surface area contributed by atoms with E-state index >= 15 is 0 Å². The van der Waals surface area contributed by atoms with Crippen molar-refractivity contribution in [2.45, 2.75) is 26.6 Å². The second kappa shape index (κ2) is 2.90. The van der Waals surface area contributed by atoms with Gasteiger partial charge in [0.25, 0.3) is 0 Å². The van der Waals surface area contributed by atoms with E-state index < -0.39 is 12.3 Å². The minimum Gasteiger partial charge on any atom is -0.425 e. The highest BCUT2D eigenvalue weighted by molar-refractivity contribution is 5.72. The van der Waals surface area contributed by atoms with Gasteiger partial charge < -0.3 is 9.47 Å². The number of ether oxygens (including phenoxy) is 2. The van der Waals surface area contributed by atoms with E-state index in [0.717, 1.165) is 0 Å². The van der Waals surface area contributed by atoms with Crippen LogP contribution < -0.4 is 0 Å². The number of hydrogen-bond donors (Lipinski definition) is 0. The van der Waals surface area contributed by atoms with Gasteiger partial charge >= 0.3 is 11.9 Å². The summed E-state index contributed by atoms with van der Waals surface area (Å²) in [5, 5.41) is 0. The Hall–Kier alpha value is -1.06. The largest absolute Gasteiger partial charge is 0.425 e. The van der Waals surface area contributed by atoms with Crippen LogP contribution >= 0.6 is 0 Å². The molecule has 1 saturated heterocycles. The highest BCUT2D eigenvalue weighted by Crippen LogP contribution is 2.21. The smallest absolute Gasteiger partial charge is 0.309 e. The standard InChI is InChI=1S/C7H10O4/c1-4-3-6(9)11-7(4)10-5(2)8/h4,7H,3H2,1-2H3/t4-,7+/m0/s1. The summed E-state index contributed by atoms with van der Waals surface area (Å²) < 4.78 is 9.41. The van der Waals surface area contributed by atoms with E-state index in [1.54, 1.807) is 6.92 Å². The van der Waals surface area contributed by atoms with Gasteiger partial charge in [0.1, 0.15) is 0 Å². The summed E-state index contributed by atoms with van der Waals surface area (Å²) >= 11 is 0. The molecule has 62 valence electrons. The molecule has 0 radical (unpaired) electrons. The summed E-state index contributed by atoms with van der Waals surface area (Å²) in [5.41, 5.74) is 0. The molecule has 1 heterocycles. The summed E-state index contributed by atoms with van der Waals surface area (Å²) in [6.45, 7) is 3.09. The van der Waals surface area contributed by atoms with Crippen molar-refractivity contribution in [1.82, 2.24) is 0 Å². The zero-order valence-corrected chi connectivity index (χ0v) is 6.49. The Labute approximate surface area is 64.5 Å². The van der Waals surface area contributed by atoms with Gasteiger partial charge in [0, 0.05) is 12.8 Å². The van der Waals surface area contributed by atoms with Crippen LogP contribution in [0, 0.1) is 5.92 Å². The van der Waals surface area contributed by atoms with Crippen molar-refractivity contribution in [3.05, 3.63) is 0 Å². The maximum atomic E-state index is 10.6. The van der Waals surface area contributed by atoms with Crippen LogP contribution in [0.5, 0.6) is 0 Å². The van der Waals surface area contributed by atoms with Crippen molar-refractivity contribution in [1.29, 1.82) is 0 Å². The Kier molecular flexibility index (Phi) is 2.12.